The highest BCUT2D eigenvalue weighted by Crippen LogP contribution is 2.35. The van der Waals surface area contributed by atoms with Crippen molar-refractivity contribution in [1.29, 1.82) is 0 Å². The Hall–Kier alpha value is -3.16. The largest absolute Gasteiger partial charge is 0.496 e. The fourth-order valence-electron chi connectivity index (χ4n) is 4.18. The highest BCUT2D eigenvalue weighted by molar-refractivity contribution is 9.10. The second-order valence-electron chi connectivity index (χ2n) is 9.52. The van der Waals surface area contributed by atoms with Crippen molar-refractivity contribution in [3.05, 3.63) is 85.1 Å². The normalized spacial score (nSPS) is 12.4. The van der Waals surface area contributed by atoms with Gasteiger partial charge in [0.05, 0.1) is 34.8 Å². The lowest BCUT2D eigenvalue weighted by atomic mass is 9.96. The van der Waals surface area contributed by atoms with Crippen molar-refractivity contribution < 1.29 is 9.47 Å². The highest BCUT2D eigenvalue weighted by Gasteiger charge is 2.19. The molecule has 8 heteroatoms. The van der Waals surface area contributed by atoms with Gasteiger partial charge >= 0.3 is 0 Å². The van der Waals surface area contributed by atoms with E-state index in [4.69, 9.17) is 26.1 Å². The molecular formula is C30H31BrClN3O3. The zero-order valence-corrected chi connectivity index (χ0v) is 24.7. The van der Waals surface area contributed by atoms with Crippen LogP contribution in [0.25, 0.3) is 22.3 Å². The average molecular weight is 597 g/mol. The third-order valence-electron chi connectivity index (χ3n) is 6.44. The fourth-order valence-corrected chi connectivity index (χ4v) is 5.10. The third kappa shape index (κ3) is 5.64. The van der Waals surface area contributed by atoms with Crippen LogP contribution in [0.2, 0.25) is 5.02 Å². The number of hydrogen-bond donors (Lipinski definition) is 0. The Bertz CT molecular complexity index is 1580. The van der Waals surface area contributed by atoms with E-state index in [9.17, 15) is 4.79 Å². The highest BCUT2D eigenvalue weighted by atomic mass is 79.9. The van der Waals surface area contributed by atoms with Crippen LogP contribution < -0.4 is 15.0 Å². The molecule has 0 unspecified atom stereocenters. The molecule has 0 aliphatic rings. The van der Waals surface area contributed by atoms with Crippen molar-refractivity contribution in [2.24, 2.45) is 5.10 Å². The summed E-state index contributed by atoms with van der Waals surface area (Å²) < 4.78 is 13.9. The van der Waals surface area contributed by atoms with Gasteiger partial charge in [0.15, 0.2) is 5.82 Å². The van der Waals surface area contributed by atoms with Crippen molar-refractivity contribution in [2.75, 3.05) is 7.11 Å². The van der Waals surface area contributed by atoms with Gasteiger partial charge in [0.1, 0.15) is 11.5 Å². The Labute approximate surface area is 236 Å². The molecule has 0 radical (unpaired) electrons. The molecule has 38 heavy (non-hydrogen) atoms. The van der Waals surface area contributed by atoms with Crippen LogP contribution in [0, 0.1) is 6.92 Å². The molecule has 6 nitrogen and oxygen atoms in total. The fraction of sp³-hybridized carbons (Fsp3) is 0.300. The first-order chi connectivity index (χ1) is 18.1. The van der Waals surface area contributed by atoms with Crippen molar-refractivity contribution in [2.45, 2.75) is 53.1 Å². The summed E-state index contributed by atoms with van der Waals surface area (Å²) >= 11 is 9.93. The van der Waals surface area contributed by atoms with Crippen LogP contribution in [0.5, 0.6) is 11.5 Å². The van der Waals surface area contributed by atoms with E-state index >= 15 is 0 Å². The second kappa shape index (κ2) is 11.7. The standard InChI is InChI=1S/C30H31BrClN3O3/c1-7-19(5)38-28-20(13-21(32)14-25(28)31)16-33-35-29(34-26-11-9-8-10-22(26)30(35)36)24-15-23(17(2)3)27(37-6)12-18(24)4/h8-17,19H,7H2,1-6H3/t19-/m0/s1. The summed E-state index contributed by atoms with van der Waals surface area (Å²) in [4.78, 5) is 18.7. The van der Waals surface area contributed by atoms with E-state index in [1.165, 1.54) is 4.68 Å². The minimum Gasteiger partial charge on any atom is -0.496 e. The Balaban J connectivity index is 1.98. The first-order valence-corrected chi connectivity index (χ1v) is 13.7. The van der Waals surface area contributed by atoms with Crippen molar-refractivity contribution in [3.63, 3.8) is 0 Å². The maximum absolute atomic E-state index is 13.8. The van der Waals surface area contributed by atoms with E-state index in [0.717, 1.165) is 28.9 Å². The SMILES string of the molecule is CC[C@H](C)Oc1c(Br)cc(Cl)cc1C=Nn1c(-c2cc(C(C)C)c(OC)cc2C)nc2ccccc2c1=O. The second-order valence-corrected chi connectivity index (χ2v) is 10.8. The molecule has 4 rings (SSSR count). The van der Waals surface area contributed by atoms with Gasteiger partial charge in [-0.15, -0.1) is 0 Å². The van der Waals surface area contributed by atoms with Crippen LogP contribution in [0.1, 0.15) is 56.7 Å². The predicted octanol–water partition coefficient (Wildman–Crippen LogP) is 7.98. The van der Waals surface area contributed by atoms with Gasteiger partial charge in [-0.1, -0.05) is 44.5 Å². The minimum absolute atomic E-state index is 0.0170. The summed E-state index contributed by atoms with van der Waals surface area (Å²) in [7, 11) is 1.66. The first kappa shape index (κ1) is 27.9. The third-order valence-corrected chi connectivity index (χ3v) is 7.24. The summed E-state index contributed by atoms with van der Waals surface area (Å²) in [6.07, 6.45) is 2.41. The number of aryl methyl sites for hydroxylation is 1. The van der Waals surface area contributed by atoms with Crippen LogP contribution in [0.3, 0.4) is 0 Å². The van der Waals surface area contributed by atoms with E-state index < -0.39 is 0 Å². The zero-order chi connectivity index (χ0) is 27.6. The number of fused-ring (bicyclic) bond motifs is 1. The number of methoxy groups -OCH3 is 1. The molecule has 198 valence electrons. The average Bonchev–Trinajstić information content (AvgIpc) is 2.89. The van der Waals surface area contributed by atoms with Crippen LogP contribution in [0.4, 0.5) is 0 Å². The van der Waals surface area contributed by atoms with Gasteiger partial charge in [-0.3, -0.25) is 4.79 Å². The number of hydrogen-bond acceptors (Lipinski definition) is 5. The summed E-state index contributed by atoms with van der Waals surface area (Å²) in [6.45, 7) is 10.2. The van der Waals surface area contributed by atoms with Gasteiger partial charge in [0.25, 0.3) is 5.56 Å². The number of ether oxygens (including phenoxy) is 2. The molecule has 0 saturated heterocycles. The molecule has 0 fully saturated rings. The summed E-state index contributed by atoms with van der Waals surface area (Å²) in [5, 5.41) is 5.66. The van der Waals surface area contributed by atoms with Crippen molar-refractivity contribution >= 4 is 44.6 Å². The maximum Gasteiger partial charge on any atom is 0.282 e. The molecule has 0 aliphatic carbocycles. The van der Waals surface area contributed by atoms with Gasteiger partial charge in [0, 0.05) is 16.1 Å². The lowest BCUT2D eigenvalue weighted by Gasteiger charge is -2.18. The molecule has 1 heterocycles. The van der Waals surface area contributed by atoms with E-state index in [2.05, 4.69) is 41.8 Å². The Morgan fingerprint density at radius 2 is 1.89 bits per heavy atom. The van der Waals surface area contributed by atoms with Crippen LogP contribution in [-0.4, -0.2) is 29.1 Å². The summed E-state index contributed by atoms with van der Waals surface area (Å²) in [6, 6.07) is 14.8. The zero-order valence-electron chi connectivity index (χ0n) is 22.4. The number of nitrogens with zero attached hydrogens (tertiary/aromatic N) is 3. The first-order valence-electron chi connectivity index (χ1n) is 12.5. The molecule has 0 bridgehead atoms. The summed E-state index contributed by atoms with van der Waals surface area (Å²) in [5.74, 6) is 2.06. The van der Waals surface area contributed by atoms with E-state index in [0.29, 0.717) is 37.5 Å². The lowest BCUT2D eigenvalue weighted by Crippen LogP contribution is -2.21. The molecule has 4 aromatic rings. The quantitative estimate of drug-likeness (QED) is 0.193. The molecule has 0 aliphatic heterocycles. The molecule has 1 aromatic heterocycles. The lowest BCUT2D eigenvalue weighted by molar-refractivity contribution is 0.215. The maximum atomic E-state index is 13.8. The number of para-hydroxylation sites is 1. The topological polar surface area (TPSA) is 65.7 Å². The van der Waals surface area contributed by atoms with Gasteiger partial charge in [-0.25, -0.2) is 4.98 Å². The molecular weight excluding hydrogens is 566 g/mol. The number of benzene rings is 3. The van der Waals surface area contributed by atoms with Crippen molar-refractivity contribution in [3.8, 4) is 22.9 Å². The molecule has 0 N–H and O–H groups in total. The van der Waals surface area contributed by atoms with E-state index in [-0.39, 0.29) is 17.6 Å². The monoisotopic (exact) mass is 595 g/mol. The van der Waals surface area contributed by atoms with Crippen molar-refractivity contribution in [1.82, 2.24) is 9.66 Å². The van der Waals surface area contributed by atoms with Crippen LogP contribution >= 0.6 is 27.5 Å². The molecule has 3 aromatic carbocycles. The molecule has 0 saturated carbocycles. The van der Waals surface area contributed by atoms with Gasteiger partial charge in [-0.2, -0.15) is 9.78 Å². The Morgan fingerprint density at radius 3 is 2.58 bits per heavy atom. The molecule has 0 spiro atoms. The van der Waals surface area contributed by atoms with Gasteiger partial charge in [-0.05, 0) is 89.6 Å². The van der Waals surface area contributed by atoms with Crippen LogP contribution in [0.15, 0.2) is 62.9 Å². The smallest absolute Gasteiger partial charge is 0.282 e. The molecule has 1 atom stereocenters. The van der Waals surface area contributed by atoms with Gasteiger partial charge < -0.3 is 9.47 Å². The predicted molar refractivity (Wildman–Crippen MR) is 159 cm³/mol. The molecule has 0 amide bonds. The minimum atomic E-state index is -0.270. The van der Waals surface area contributed by atoms with E-state index in [1.807, 2.05) is 44.2 Å². The number of rotatable bonds is 8. The number of halogens is 2. The Kier molecular flexibility index (Phi) is 8.58. The number of aromatic nitrogens is 2. The summed E-state index contributed by atoms with van der Waals surface area (Å²) in [5.41, 5.74) is 3.72. The van der Waals surface area contributed by atoms with E-state index in [1.54, 1.807) is 31.5 Å². The Morgan fingerprint density at radius 1 is 1.16 bits per heavy atom. The van der Waals surface area contributed by atoms with Gasteiger partial charge in [0.2, 0.25) is 0 Å². The van der Waals surface area contributed by atoms with Crippen LogP contribution in [-0.2, 0) is 0 Å².